The predicted octanol–water partition coefficient (Wildman–Crippen LogP) is 4.47. The Hall–Kier alpha value is -3.35. The third-order valence-corrected chi connectivity index (χ3v) is 3.88. The second kappa shape index (κ2) is 7.90. The van der Waals surface area contributed by atoms with Gasteiger partial charge >= 0.3 is 0 Å². The lowest BCUT2D eigenvalue weighted by molar-refractivity contribution is 0.102. The molecule has 7 heteroatoms. The first-order chi connectivity index (χ1) is 13.0. The summed E-state index contributed by atoms with van der Waals surface area (Å²) in [5.74, 6) is -1.80. The quantitative estimate of drug-likeness (QED) is 0.722. The lowest BCUT2D eigenvalue weighted by Crippen LogP contribution is -2.22. The van der Waals surface area contributed by atoms with E-state index in [1.807, 2.05) is 42.2 Å². The highest BCUT2D eigenvalue weighted by atomic mass is 19.1. The van der Waals surface area contributed by atoms with Gasteiger partial charge in [0.25, 0.3) is 5.91 Å². The third-order valence-electron chi connectivity index (χ3n) is 3.88. The molecule has 0 saturated carbocycles. The van der Waals surface area contributed by atoms with E-state index in [1.165, 1.54) is 12.1 Å². The molecule has 0 radical (unpaired) electrons. The van der Waals surface area contributed by atoms with Crippen molar-refractivity contribution in [2.45, 2.75) is 13.8 Å². The van der Waals surface area contributed by atoms with Gasteiger partial charge in [0.15, 0.2) is 0 Å². The molecule has 0 aliphatic carbocycles. The summed E-state index contributed by atoms with van der Waals surface area (Å²) in [7, 11) is 0. The number of carbonyl (C=O) groups is 1. The van der Waals surface area contributed by atoms with E-state index in [2.05, 4.69) is 15.3 Å². The molecule has 1 amide bonds. The van der Waals surface area contributed by atoms with Crippen LogP contribution in [0.25, 0.3) is 0 Å². The Morgan fingerprint density at radius 1 is 1.07 bits per heavy atom. The maximum absolute atomic E-state index is 13.8. The fraction of sp³-hybridized carbons (Fsp3) is 0.150. The number of carbonyl (C=O) groups excluding carboxylic acids is 1. The van der Waals surface area contributed by atoms with Crippen molar-refractivity contribution >= 4 is 23.2 Å². The Morgan fingerprint density at radius 2 is 1.81 bits per heavy atom. The van der Waals surface area contributed by atoms with Gasteiger partial charge in [-0.2, -0.15) is 0 Å². The molecule has 0 aliphatic rings. The van der Waals surface area contributed by atoms with Gasteiger partial charge in [-0.05, 0) is 44.2 Å². The highest BCUT2D eigenvalue weighted by Crippen LogP contribution is 2.22. The Morgan fingerprint density at radius 3 is 2.48 bits per heavy atom. The van der Waals surface area contributed by atoms with Crippen LogP contribution in [0.15, 0.2) is 54.6 Å². The number of nitrogens with zero attached hydrogens (tertiary/aromatic N) is 3. The highest BCUT2D eigenvalue weighted by molar-refractivity contribution is 6.03. The van der Waals surface area contributed by atoms with Crippen molar-refractivity contribution in [1.82, 2.24) is 9.97 Å². The minimum atomic E-state index is -0.853. The first kappa shape index (κ1) is 18.4. The summed E-state index contributed by atoms with van der Waals surface area (Å²) in [5.41, 5.74) is 1.46. The molecule has 27 heavy (non-hydrogen) atoms. The second-order valence-electron chi connectivity index (χ2n) is 5.85. The number of benzene rings is 2. The summed E-state index contributed by atoms with van der Waals surface area (Å²) in [4.78, 5) is 23.1. The first-order valence-electron chi connectivity index (χ1n) is 8.42. The Bertz CT molecular complexity index is 963. The summed E-state index contributed by atoms with van der Waals surface area (Å²) in [6, 6.07) is 14.0. The van der Waals surface area contributed by atoms with Gasteiger partial charge in [0.2, 0.25) is 5.95 Å². The molecule has 3 aromatic rings. The summed E-state index contributed by atoms with van der Waals surface area (Å²) in [5, 5.41) is 2.42. The van der Waals surface area contributed by atoms with Gasteiger partial charge in [-0.1, -0.05) is 18.2 Å². The molecule has 1 N–H and O–H groups in total. The Labute approximate surface area is 155 Å². The minimum absolute atomic E-state index is 0.0932. The normalized spacial score (nSPS) is 10.5. The fourth-order valence-electron chi connectivity index (χ4n) is 2.61. The van der Waals surface area contributed by atoms with E-state index in [0.29, 0.717) is 24.3 Å². The van der Waals surface area contributed by atoms with Gasteiger partial charge in [-0.15, -0.1) is 0 Å². The maximum Gasteiger partial charge on any atom is 0.274 e. The Kier molecular flexibility index (Phi) is 5.40. The van der Waals surface area contributed by atoms with Crippen LogP contribution in [0.1, 0.15) is 23.1 Å². The fourth-order valence-corrected chi connectivity index (χ4v) is 2.61. The van der Waals surface area contributed by atoms with Crippen molar-refractivity contribution in [3.8, 4) is 0 Å². The molecule has 0 saturated heterocycles. The molecule has 5 nitrogen and oxygen atoms in total. The summed E-state index contributed by atoms with van der Waals surface area (Å²) in [6.45, 7) is 4.30. The zero-order valence-corrected chi connectivity index (χ0v) is 14.9. The highest BCUT2D eigenvalue weighted by Gasteiger charge is 2.17. The van der Waals surface area contributed by atoms with Crippen molar-refractivity contribution in [2.24, 2.45) is 0 Å². The average Bonchev–Trinajstić information content (AvgIpc) is 2.65. The van der Waals surface area contributed by atoms with E-state index in [-0.39, 0.29) is 11.4 Å². The summed E-state index contributed by atoms with van der Waals surface area (Å²) < 4.78 is 26.8. The van der Waals surface area contributed by atoms with Crippen molar-refractivity contribution in [3.63, 3.8) is 0 Å². The molecule has 138 valence electrons. The van der Waals surface area contributed by atoms with Crippen LogP contribution in [-0.4, -0.2) is 22.4 Å². The van der Waals surface area contributed by atoms with Crippen molar-refractivity contribution in [3.05, 3.63) is 77.6 Å². The Balaban J connectivity index is 1.91. The molecule has 0 unspecified atom stereocenters. The van der Waals surface area contributed by atoms with Crippen LogP contribution >= 0.6 is 0 Å². The van der Waals surface area contributed by atoms with E-state index < -0.39 is 17.5 Å². The lowest BCUT2D eigenvalue weighted by atomic mass is 10.2. The smallest absolute Gasteiger partial charge is 0.274 e. The van der Waals surface area contributed by atoms with Gasteiger partial charge in [0, 0.05) is 24.0 Å². The van der Waals surface area contributed by atoms with Crippen LogP contribution in [-0.2, 0) is 0 Å². The maximum atomic E-state index is 13.8. The van der Waals surface area contributed by atoms with Gasteiger partial charge in [0.1, 0.15) is 17.3 Å². The molecule has 0 fully saturated rings. The molecular weight excluding hydrogens is 350 g/mol. The summed E-state index contributed by atoms with van der Waals surface area (Å²) >= 11 is 0. The molecule has 1 heterocycles. The van der Waals surface area contributed by atoms with Crippen LogP contribution in [0.2, 0.25) is 0 Å². The standard InChI is InChI=1S/C20H18F2N4O/c1-3-26(15-7-5-4-6-8-15)20-23-13(2)11-18(25-20)19(27)24-17-10-9-14(21)12-16(17)22/h4-12H,3H2,1-2H3,(H,24,27). The van der Waals surface area contributed by atoms with Gasteiger partial charge in [-0.25, -0.2) is 18.7 Å². The number of halogens is 2. The predicted molar refractivity (Wildman–Crippen MR) is 100 cm³/mol. The largest absolute Gasteiger partial charge is 0.318 e. The molecule has 0 aliphatic heterocycles. The number of aryl methyl sites for hydroxylation is 1. The number of para-hydroxylation sites is 1. The lowest BCUT2D eigenvalue weighted by Gasteiger charge is -2.21. The van der Waals surface area contributed by atoms with Crippen LogP contribution in [0.5, 0.6) is 0 Å². The van der Waals surface area contributed by atoms with Gasteiger partial charge in [0.05, 0.1) is 5.69 Å². The average molecular weight is 368 g/mol. The summed E-state index contributed by atoms with van der Waals surface area (Å²) in [6.07, 6.45) is 0. The molecular formula is C20H18F2N4O. The number of anilines is 3. The minimum Gasteiger partial charge on any atom is -0.318 e. The molecule has 0 spiro atoms. The van der Waals surface area contributed by atoms with Crippen molar-refractivity contribution in [1.29, 1.82) is 0 Å². The number of amides is 1. The van der Waals surface area contributed by atoms with E-state index in [4.69, 9.17) is 0 Å². The number of rotatable bonds is 5. The van der Waals surface area contributed by atoms with E-state index in [9.17, 15) is 13.6 Å². The number of aromatic nitrogens is 2. The van der Waals surface area contributed by atoms with Crippen molar-refractivity contribution in [2.75, 3.05) is 16.8 Å². The van der Waals surface area contributed by atoms with Crippen LogP contribution in [0, 0.1) is 18.6 Å². The molecule has 3 rings (SSSR count). The van der Waals surface area contributed by atoms with Gasteiger partial charge in [-0.3, -0.25) is 4.79 Å². The monoisotopic (exact) mass is 368 g/mol. The zero-order valence-electron chi connectivity index (χ0n) is 14.9. The third kappa shape index (κ3) is 4.25. The SMILES string of the molecule is CCN(c1ccccc1)c1nc(C)cc(C(=O)Nc2ccc(F)cc2F)n1. The molecule has 0 atom stereocenters. The first-order valence-corrected chi connectivity index (χ1v) is 8.42. The number of hydrogen-bond acceptors (Lipinski definition) is 4. The van der Waals surface area contributed by atoms with Crippen LogP contribution in [0.3, 0.4) is 0 Å². The van der Waals surface area contributed by atoms with E-state index >= 15 is 0 Å². The number of nitrogens with one attached hydrogen (secondary N) is 1. The van der Waals surface area contributed by atoms with E-state index in [0.717, 1.165) is 11.8 Å². The molecule has 1 aromatic heterocycles. The molecule has 2 aromatic carbocycles. The van der Waals surface area contributed by atoms with E-state index in [1.54, 1.807) is 6.92 Å². The van der Waals surface area contributed by atoms with Crippen molar-refractivity contribution < 1.29 is 13.6 Å². The number of hydrogen-bond donors (Lipinski definition) is 1. The van der Waals surface area contributed by atoms with Gasteiger partial charge < -0.3 is 10.2 Å². The topological polar surface area (TPSA) is 58.1 Å². The van der Waals surface area contributed by atoms with Crippen LogP contribution in [0.4, 0.5) is 26.1 Å². The van der Waals surface area contributed by atoms with Crippen LogP contribution < -0.4 is 10.2 Å². The second-order valence-corrected chi connectivity index (χ2v) is 5.85. The zero-order chi connectivity index (χ0) is 19.4. The molecule has 0 bridgehead atoms.